The molecule has 2 unspecified atom stereocenters. The number of para-hydroxylation sites is 1. The van der Waals surface area contributed by atoms with Crippen molar-refractivity contribution in [1.82, 2.24) is 34.8 Å². The molecule has 1 aromatic carbocycles. The highest BCUT2D eigenvalue weighted by molar-refractivity contribution is 7.18. The predicted molar refractivity (Wildman–Crippen MR) is 222 cm³/mol. The molecule has 5 aromatic rings. The third-order valence-corrected chi connectivity index (χ3v) is 15.1. The number of ether oxygens (including phenoxy) is 1. The number of aromatic carboxylic acids is 1. The maximum absolute atomic E-state index is 12.9. The summed E-state index contributed by atoms with van der Waals surface area (Å²) in [6, 6.07) is 12.0. The van der Waals surface area contributed by atoms with Gasteiger partial charge in [-0.1, -0.05) is 26.0 Å². The average molecular weight is 787 g/mol. The number of fused-ring (bicyclic) bond motifs is 2. The zero-order chi connectivity index (χ0) is 39.2. The number of benzene rings is 1. The number of thiazole rings is 1. The normalized spacial score (nSPS) is 28.1. The maximum Gasteiger partial charge on any atom is 0.355 e. The molecule has 0 spiro atoms. The zero-order valence-corrected chi connectivity index (χ0v) is 34.6. The summed E-state index contributed by atoms with van der Waals surface area (Å²) in [5.74, 6) is 0.266. The van der Waals surface area contributed by atoms with Gasteiger partial charge in [0.15, 0.2) is 11.5 Å². The molecule has 57 heavy (non-hydrogen) atoms. The van der Waals surface area contributed by atoms with Crippen LogP contribution in [0.15, 0.2) is 42.6 Å². The summed E-state index contributed by atoms with van der Waals surface area (Å²) in [5.41, 5.74) is 7.12. The molecule has 0 amide bonds. The number of carboxylic acid groups (broad SMARTS) is 1. The fraction of sp³-hybridized carbons (Fsp3) is 0.556. The molecule has 6 heterocycles. The Balaban J connectivity index is 0.906. The van der Waals surface area contributed by atoms with E-state index in [9.17, 15) is 9.90 Å². The van der Waals surface area contributed by atoms with Crippen molar-refractivity contribution in [2.45, 2.75) is 110 Å². The van der Waals surface area contributed by atoms with E-state index in [2.05, 4.69) is 43.3 Å². The highest BCUT2D eigenvalue weighted by Crippen LogP contribution is 2.72. The van der Waals surface area contributed by atoms with Crippen molar-refractivity contribution in [3.63, 3.8) is 0 Å². The van der Waals surface area contributed by atoms with Crippen molar-refractivity contribution in [2.24, 2.45) is 16.2 Å². The molecule has 4 saturated carbocycles. The summed E-state index contributed by atoms with van der Waals surface area (Å²) in [5, 5.41) is 26.0. The van der Waals surface area contributed by atoms with E-state index in [-0.39, 0.29) is 27.5 Å². The minimum atomic E-state index is -1.06. The van der Waals surface area contributed by atoms with E-state index in [4.69, 9.17) is 30.0 Å². The number of hydrogen-bond donors (Lipinski definition) is 1. The van der Waals surface area contributed by atoms with Gasteiger partial charge in [-0.2, -0.15) is 10.2 Å². The van der Waals surface area contributed by atoms with E-state index >= 15 is 0 Å². The average Bonchev–Trinajstić information content (AvgIpc) is 3.91. The first-order chi connectivity index (χ1) is 27.4. The molecule has 4 bridgehead atoms. The molecule has 6 aliphatic rings. The first-order valence-electron chi connectivity index (χ1n) is 21.0. The van der Waals surface area contributed by atoms with Crippen LogP contribution in [0, 0.1) is 30.1 Å². The molecule has 4 aromatic heterocycles. The van der Waals surface area contributed by atoms with Crippen molar-refractivity contribution in [3.8, 4) is 11.1 Å². The summed E-state index contributed by atoms with van der Waals surface area (Å²) < 4.78 is 10.3. The standard InChI is InChI=1S/C45H54N8O3S/c1-29-31-10-9-17-52(40(31)50-49-35(29)20-38-47-34-11-5-6-12-36(34)57-38)37-14-13-32(39(48-37)41(54)55)33-21-46-53(30(33)2)28-44-23-42(3)22-43(4,24-44)26-45(25-42,27-44)56-19-18-51-15-7-8-16-51/h5-6,11-14,21H,7-10,15-20,22-28H2,1-4H3,(H,54,55). The number of carbonyl (C=O) groups is 1. The van der Waals surface area contributed by atoms with Gasteiger partial charge in [-0.3, -0.25) is 4.68 Å². The Morgan fingerprint density at radius 1 is 0.895 bits per heavy atom. The van der Waals surface area contributed by atoms with Gasteiger partial charge in [0.2, 0.25) is 0 Å². The summed E-state index contributed by atoms with van der Waals surface area (Å²) >= 11 is 1.69. The van der Waals surface area contributed by atoms with Crippen LogP contribution in [0.1, 0.15) is 110 Å². The Morgan fingerprint density at radius 3 is 2.46 bits per heavy atom. The van der Waals surface area contributed by atoms with Crippen molar-refractivity contribution in [3.05, 3.63) is 75.8 Å². The molecule has 2 aliphatic heterocycles. The predicted octanol–water partition coefficient (Wildman–Crippen LogP) is 8.57. The third-order valence-electron chi connectivity index (χ3n) is 14.0. The number of aromatic nitrogens is 6. The molecule has 0 radical (unpaired) electrons. The van der Waals surface area contributed by atoms with Crippen LogP contribution in [-0.2, 0) is 24.1 Å². The third kappa shape index (κ3) is 6.65. The molecule has 2 atom stereocenters. The van der Waals surface area contributed by atoms with Gasteiger partial charge in [0, 0.05) is 48.4 Å². The van der Waals surface area contributed by atoms with Gasteiger partial charge in [-0.25, -0.2) is 14.8 Å². The molecule has 5 fully saturated rings. The Morgan fingerprint density at radius 2 is 1.68 bits per heavy atom. The van der Waals surface area contributed by atoms with Gasteiger partial charge in [0.25, 0.3) is 0 Å². The lowest BCUT2D eigenvalue weighted by atomic mass is 9.39. The Bertz CT molecular complexity index is 2330. The van der Waals surface area contributed by atoms with Gasteiger partial charge in [0.1, 0.15) is 5.82 Å². The minimum Gasteiger partial charge on any atom is -0.476 e. The second kappa shape index (κ2) is 13.7. The fourth-order valence-corrected chi connectivity index (χ4v) is 13.8. The van der Waals surface area contributed by atoms with Crippen molar-refractivity contribution in [2.75, 3.05) is 37.7 Å². The Labute approximate surface area is 338 Å². The second-order valence-electron chi connectivity index (χ2n) is 19.0. The second-order valence-corrected chi connectivity index (χ2v) is 20.1. The smallest absolute Gasteiger partial charge is 0.355 e. The number of carboxylic acids is 1. The van der Waals surface area contributed by atoms with Crippen LogP contribution >= 0.6 is 11.3 Å². The number of pyridine rings is 1. The lowest BCUT2D eigenvalue weighted by Crippen LogP contribution is -2.64. The summed E-state index contributed by atoms with van der Waals surface area (Å²) in [4.78, 5) is 27.2. The van der Waals surface area contributed by atoms with Crippen LogP contribution in [0.4, 0.5) is 11.6 Å². The van der Waals surface area contributed by atoms with Crippen LogP contribution in [0.5, 0.6) is 0 Å². The molecular formula is C45H54N8O3S. The van der Waals surface area contributed by atoms with E-state index in [1.165, 1.54) is 49.9 Å². The summed E-state index contributed by atoms with van der Waals surface area (Å²) in [7, 11) is 0. The monoisotopic (exact) mass is 786 g/mol. The Kier molecular flexibility index (Phi) is 8.88. The van der Waals surface area contributed by atoms with E-state index in [0.29, 0.717) is 24.3 Å². The quantitative estimate of drug-likeness (QED) is 0.139. The van der Waals surface area contributed by atoms with Gasteiger partial charge >= 0.3 is 5.97 Å². The maximum atomic E-state index is 12.9. The number of rotatable bonds is 11. The summed E-state index contributed by atoms with van der Waals surface area (Å²) in [6.45, 7) is 15.0. The topological polar surface area (TPSA) is 122 Å². The molecule has 11 rings (SSSR count). The van der Waals surface area contributed by atoms with Crippen molar-refractivity contribution in [1.29, 1.82) is 0 Å². The number of likely N-dealkylation sites (tertiary alicyclic amines) is 1. The van der Waals surface area contributed by atoms with Gasteiger partial charge in [0.05, 0.1) is 39.3 Å². The van der Waals surface area contributed by atoms with E-state index in [1.807, 2.05) is 41.4 Å². The zero-order valence-electron chi connectivity index (χ0n) is 33.8. The van der Waals surface area contributed by atoms with E-state index < -0.39 is 5.97 Å². The fourth-order valence-electron chi connectivity index (χ4n) is 12.9. The molecule has 1 N–H and O–H groups in total. The lowest BCUT2D eigenvalue weighted by Gasteiger charge is -2.69. The van der Waals surface area contributed by atoms with Crippen molar-refractivity contribution < 1.29 is 14.6 Å². The van der Waals surface area contributed by atoms with E-state index in [0.717, 1.165) is 96.2 Å². The van der Waals surface area contributed by atoms with Crippen LogP contribution in [0.2, 0.25) is 0 Å². The van der Waals surface area contributed by atoms with Crippen LogP contribution in [0.3, 0.4) is 0 Å². The highest BCUT2D eigenvalue weighted by Gasteiger charge is 2.66. The first kappa shape index (κ1) is 37.0. The molecule has 1 saturated heterocycles. The van der Waals surface area contributed by atoms with Gasteiger partial charge in [-0.15, -0.1) is 16.4 Å². The molecule has 12 heteroatoms. The molecule has 11 nitrogen and oxygen atoms in total. The molecule has 298 valence electrons. The number of nitrogens with zero attached hydrogens (tertiary/aromatic N) is 8. The highest BCUT2D eigenvalue weighted by atomic mass is 32.1. The van der Waals surface area contributed by atoms with Crippen LogP contribution in [-0.4, -0.2) is 84.3 Å². The summed E-state index contributed by atoms with van der Waals surface area (Å²) in [6.07, 6.45) is 13.9. The molecular weight excluding hydrogens is 733 g/mol. The number of anilines is 2. The van der Waals surface area contributed by atoms with Crippen molar-refractivity contribution >= 4 is 39.2 Å². The SMILES string of the molecule is Cc1c(Cc2nc3ccccc3s2)nnc2c1CCCN2c1ccc(-c2cnn(CC34CC5(C)CC(C)(C3)CC(OCCN3CCCC3)(C5)C4)c2C)c(C(=O)O)n1. The minimum absolute atomic E-state index is 0.0274. The van der Waals surface area contributed by atoms with Gasteiger partial charge in [-0.05, 0) is 137 Å². The largest absolute Gasteiger partial charge is 0.476 e. The lowest BCUT2D eigenvalue weighted by molar-refractivity contribution is -0.248. The van der Waals surface area contributed by atoms with Gasteiger partial charge < -0.3 is 19.6 Å². The first-order valence-corrected chi connectivity index (χ1v) is 21.8. The van der Waals surface area contributed by atoms with Crippen LogP contribution in [0.25, 0.3) is 21.3 Å². The van der Waals surface area contributed by atoms with Crippen LogP contribution < -0.4 is 4.90 Å². The molecule has 4 aliphatic carbocycles. The van der Waals surface area contributed by atoms with E-state index in [1.54, 1.807) is 11.3 Å². The number of hydrogen-bond acceptors (Lipinski definition) is 10. The Hall–Kier alpha value is -4.26.